The highest BCUT2D eigenvalue weighted by molar-refractivity contribution is 9.12. The van der Waals surface area contributed by atoms with Crippen molar-refractivity contribution in [3.8, 4) is 0 Å². The van der Waals surface area contributed by atoms with Gasteiger partial charge in [0.25, 0.3) is 0 Å². The number of rotatable bonds is 5. The maximum atomic E-state index is 7.57. The third-order valence-corrected chi connectivity index (χ3v) is 2.12. The second kappa shape index (κ2) is 6.55. The molecule has 11 heavy (non-hydrogen) atoms. The van der Waals surface area contributed by atoms with Gasteiger partial charge >= 0.3 is 0 Å². The van der Waals surface area contributed by atoms with Crippen molar-refractivity contribution >= 4 is 21.6 Å². The first-order chi connectivity index (χ1) is 5.22. The molecule has 0 fully saturated rings. The van der Waals surface area contributed by atoms with Gasteiger partial charge < -0.3 is 10.7 Å². The number of hydrogen-bond acceptors (Lipinski definition) is 1. The number of nitrogens with one attached hydrogen (secondary N) is 1. The van der Waals surface area contributed by atoms with Crippen LogP contribution >= 0.6 is 15.9 Å². The molecule has 0 aromatic carbocycles. The van der Waals surface area contributed by atoms with Crippen molar-refractivity contribution in [2.45, 2.75) is 26.2 Å². The van der Waals surface area contributed by atoms with Crippen molar-refractivity contribution < 1.29 is 5.32 Å². The minimum atomic E-state index is 0.699. The summed E-state index contributed by atoms with van der Waals surface area (Å²) in [6.45, 7) is 2.14. The van der Waals surface area contributed by atoms with E-state index in [9.17, 15) is 0 Å². The molecule has 0 aromatic rings. The molecule has 64 valence electrons. The van der Waals surface area contributed by atoms with Crippen LogP contribution in [0.3, 0.4) is 0 Å². The van der Waals surface area contributed by atoms with Gasteiger partial charge in [-0.25, -0.2) is 0 Å². The Morgan fingerprint density at radius 3 is 2.73 bits per heavy atom. The largest absolute Gasteiger partial charge is 0.321 e. The van der Waals surface area contributed by atoms with Crippen LogP contribution in [0.2, 0.25) is 0 Å². The summed E-state index contributed by atoms with van der Waals surface area (Å²) in [6, 6.07) is 0. The van der Waals surface area contributed by atoms with Gasteiger partial charge in [-0.1, -0.05) is 13.3 Å². The number of allylic oxidation sites excluding steroid dienone is 1. The van der Waals surface area contributed by atoms with Crippen LogP contribution in [0.5, 0.6) is 0 Å². The van der Waals surface area contributed by atoms with Gasteiger partial charge in [-0.2, -0.15) is 0 Å². The van der Waals surface area contributed by atoms with Gasteiger partial charge in [0.15, 0.2) is 0 Å². The summed E-state index contributed by atoms with van der Waals surface area (Å²) in [5.74, 6) is 0. The van der Waals surface area contributed by atoms with E-state index in [-0.39, 0.29) is 0 Å². The normalized spacial score (nSPS) is 11.7. The lowest BCUT2D eigenvalue weighted by molar-refractivity contribution is -0.556. The van der Waals surface area contributed by atoms with Crippen LogP contribution < -0.4 is 5.32 Å². The number of unbranched alkanes of at least 4 members (excludes halogenated alkanes) is 1. The van der Waals surface area contributed by atoms with Crippen LogP contribution in [-0.4, -0.2) is 12.8 Å². The molecule has 0 aliphatic heterocycles. The van der Waals surface area contributed by atoms with Gasteiger partial charge in [0.2, 0.25) is 0 Å². The minimum absolute atomic E-state index is 0.699. The molecular formula is C8H16BrN2+. The van der Waals surface area contributed by atoms with E-state index < -0.39 is 0 Å². The van der Waals surface area contributed by atoms with Gasteiger partial charge in [-0.05, 0) is 28.8 Å². The first-order valence-electron chi connectivity index (χ1n) is 3.95. The molecule has 3 heteroatoms. The molecular weight excluding hydrogens is 204 g/mol. The highest BCUT2D eigenvalue weighted by Gasteiger charge is 2.00. The van der Waals surface area contributed by atoms with Crippen molar-refractivity contribution in [2.75, 3.05) is 7.05 Å². The Balaban J connectivity index is 3.73. The summed E-state index contributed by atoms with van der Waals surface area (Å²) in [5.41, 5.74) is 0.699. The van der Waals surface area contributed by atoms with Crippen LogP contribution in [0, 0.1) is 5.41 Å². The van der Waals surface area contributed by atoms with Crippen molar-refractivity contribution in [2.24, 2.45) is 0 Å². The molecule has 0 heterocycles. The molecule has 0 aliphatic rings. The van der Waals surface area contributed by atoms with Gasteiger partial charge in [0.1, 0.15) is 6.20 Å². The smallest absolute Gasteiger partial charge is 0.109 e. The lowest BCUT2D eigenvalue weighted by atomic mass is 10.2. The molecule has 0 unspecified atom stereocenters. The average molecular weight is 220 g/mol. The predicted octanol–water partition coefficient (Wildman–Crippen LogP) is 1.63. The highest BCUT2D eigenvalue weighted by atomic mass is 79.9. The van der Waals surface area contributed by atoms with E-state index in [2.05, 4.69) is 22.9 Å². The standard InChI is InChI=1S/C8H15BrN2/c1-3-4-5-8(10)7(9)6-11-2/h6,10-11H,3-5H2,1-2H3/p+1/b7-6+,10-8?. The zero-order valence-electron chi connectivity index (χ0n) is 7.15. The van der Waals surface area contributed by atoms with E-state index in [0.29, 0.717) is 5.71 Å². The van der Waals surface area contributed by atoms with Crippen LogP contribution in [0.4, 0.5) is 0 Å². The summed E-state index contributed by atoms with van der Waals surface area (Å²) in [6.07, 6.45) is 5.05. The Morgan fingerprint density at radius 2 is 2.27 bits per heavy atom. The zero-order valence-corrected chi connectivity index (χ0v) is 8.74. The van der Waals surface area contributed by atoms with Crippen LogP contribution in [-0.2, 0) is 0 Å². The molecule has 0 saturated carbocycles. The summed E-state index contributed by atoms with van der Waals surface area (Å²) >= 11 is 3.34. The fourth-order valence-corrected chi connectivity index (χ4v) is 1.18. The van der Waals surface area contributed by atoms with Crippen molar-refractivity contribution in [1.82, 2.24) is 0 Å². The zero-order chi connectivity index (χ0) is 8.69. The average Bonchev–Trinajstić information content (AvgIpc) is 2.00. The molecule has 0 saturated heterocycles. The fourth-order valence-electron chi connectivity index (χ4n) is 0.720. The predicted molar refractivity (Wildman–Crippen MR) is 52.1 cm³/mol. The van der Waals surface area contributed by atoms with E-state index in [1.807, 2.05) is 18.6 Å². The third kappa shape index (κ3) is 5.16. The Hall–Kier alpha value is -0.150. The number of nitrogens with two attached hydrogens (primary N) is 1. The van der Waals surface area contributed by atoms with Gasteiger partial charge in [-0.15, -0.1) is 0 Å². The van der Waals surface area contributed by atoms with Crippen LogP contribution in [0.1, 0.15) is 26.2 Å². The molecule has 0 amide bonds. The summed E-state index contributed by atoms with van der Waals surface area (Å²) in [7, 11) is 1.95. The van der Waals surface area contributed by atoms with Crippen LogP contribution in [0.15, 0.2) is 10.7 Å². The van der Waals surface area contributed by atoms with Crippen molar-refractivity contribution in [3.63, 3.8) is 0 Å². The second-order valence-corrected chi connectivity index (χ2v) is 3.28. The van der Waals surface area contributed by atoms with Gasteiger partial charge in [-0.3, -0.25) is 0 Å². The SMILES string of the molecule is CCCCC(=N)/C(Br)=C\[NH2+]C. The van der Waals surface area contributed by atoms with E-state index in [1.165, 1.54) is 0 Å². The second-order valence-electron chi connectivity index (χ2n) is 2.43. The molecule has 2 nitrogen and oxygen atoms in total. The maximum absolute atomic E-state index is 7.57. The Bertz CT molecular complexity index is 152. The van der Waals surface area contributed by atoms with Crippen molar-refractivity contribution in [1.29, 1.82) is 5.41 Å². The molecule has 0 spiro atoms. The summed E-state index contributed by atoms with van der Waals surface area (Å²) in [4.78, 5) is 0. The number of quaternary nitrogens is 1. The lowest BCUT2D eigenvalue weighted by Gasteiger charge is -1.98. The van der Waals surface area contributed by atoms with E-state index in [1.54, 1.807) is 0 Å². The topological polar surface area (TPSA) is 40.5 Å². The molecule has 0 aliphatic carbocycles. The molecule has 0 atom stereocenters. The molecule has 0 rings (SSSR count). The Labute approximate surface area is 76.7 Å². The highest BCUT2D eigenvalue weighted by Crippen LogP contribution is 2.09. The first-order valence-corrected chi connectivity index (χ1v) is 4.74. The van der Waals surface area contributed by atoms with Crippen LogP contribution in [0.25, 0.3) is 0 Å². The lowest BCUT2D eigenvalue weighted by Crippen LogP contribution is -2.73. The van der Waals surface area contributed by atoms with Crippen molar-refractivity contribution in [3.05, 3.63) is 10.7 Å². The minimum Gasteiger partial charge on any atom is -0.321 e. The molecule has 0 radical (unpaired) electrons. The fraction of sp³-hybridized carbons (Fsp3) is 0.625. The molecule has 0 aromatic heterocycles. The van der Waals surface area contributed by atoms with E-state index >= 15 is 0 Å². The quantitative estimate of drug-likeness (QED) is 0.661. The monoisotopic (exact) mass is 219 g/mol. The Morgan fingerprint density at radius 1 is 1.64 bits per heavy atom. The number of hydrogen-bond donors (Lipinski definition) is 2. The maximum Gasteiger partial charge on any atom is 0.109 e. The Kier molecular flexibility index (Phi) is 6.46. The van der Waals surface area contributed by atoms with Gasteiger partial charge in [0, 0.05) is 0 Å². The first kappa shape index (κ1) is 10.8. The van der Waals surface area contributed by atoms with E-state index in [4.69, 9.17) is 5.41 Å². The molecule has 3 N–H and O–H groups in total. The summed E-state index contributed by atoms with van der Waals surface area (Å²) < 4.78 is 0.911. The van der Waals surface area contributed by atoms with E-state index in [0.717, 1.165) is 23.7 Å². The molecule has 0 bridgehead atoms. The van der Waals surface area contributed by atoms with Gasteiger partial charge in [0.05, 0.1) is 17.2 Å². The third-order valence-electron chi connectivity index (χ3n) is 1.38. The summed E-state index contributed by atoms with van der Waals surface area (Å²) in [5, 5.41) is 9.50. The number of halogens is 1.